The fraction of sp³-hybridized carbons (Fsp3) is 0.118. The lowest BCUT2D eigenvalue weighted by Gasteiger charge is -2.30. The van der Waals surface area contributed by atoms with Crippen LogP contribution in [0, 0.1) is 0 Å². The molecule has 2 aliphatic rings. The van der Waals surface area contributed by atoms with Gasteiger partial charge in [0.25, 0.3) is 5.56 Å². The minimum absolute atomic E-state index is 0.0424. The van der Waals surface area contributed by atoms with Crippen molar-refractivity contribution in [3.8, 4) is 5.75 Å². The Balaban J connectivity index is 1.29. The summed E-state index contributed by atoms with van der Waals surface area (Å²) in [5.74, 6) is 0.697. The fourth-order valence-corrected chi connectivity index (χ4v) is 7.19. The highest BCUT2D eigenvalue weighted by molar-refractivity contribution is 9.10. The number of ether oxygens (including phenoxy) is 1. The van der Waals surface area contributed by atoms with Gasteiger partial charge in [0, 0.05) is 10.0 Å². The zero-order chi connectivity index (χ0) is 28.8. The van der Waals surface area contributed by atoms with Crippen molar-refractivity contribution in [2.24, 2.45) is 4.99 Å². The summed E-state index contributed by atoms with van der Waals surface area (Å²) >= 11 is 17.2. The molecule has 0 fully saturated rings. The monoisotopic (exact) mass is 672 g/mol. The predicted octanol–water partition coefficient (Wildman–Crippen LogP) is 7.97. The lowest BCUT2D eigenvalue weighted by Crippen LogP contribution is -2.38. The lowest BCUT2D eigenvalue weighted by molar-refractivity contribution is 0.306. The predicted molar refractivity (Wildman–Crippen MR) is 174 cm³/mol. The second-order valence-corrected chi connectivity index (χ2v) is 13.0. The van der Waals surface area contributed by atoms with E-state index in [4.69, 9.17) is 32.9 Å². The van der Waals surface area contributed by atoms with E-state index in [9.17, 15) is 4.79 Å². The molecular formula is C34H23BrCl2N2O2S. The number of halogens is 3. The molecule has 0 saturated heterocycles. The Hall–Kier alpha value is -3.42. The van der Waals surface area contributed by atoms with Crippen LogP contribution < -0.4 is 19.6 Å². The van der Waals surface area contributed by atoms with Crippen LogP contribution in [-0.4, -0.2) is 4.57 Å². The molecular weight excluding hydrogens is 651 g/mol. The highest BCUT2D eigenvalue weighted by Gasteiger charge is 2.32. The molecule has 0 bridgehead atoms. The lowest BCUT2D eigenvalue weighted by atomic mass is 9.83. The summed E-state index contributed by atoms with van der Waals surface area (Å²) in [5, 5.41) is 1.00. The second-order valence-electron chi connectivity index (χ2n) is 10.3. The van der Waals surface area contributed by atoms with Gasteiger partial charge in [-0.15, -0.1) is 0 Å². The number of hydrogen-bond acceptors (Lipinski definition) is 4. The Labute approximate surface area is 265 Å². The summed E-state index contributed by atoms with van der Waals surface area (Å²) in [4.78, 5) is 19.9. The standard InChI is InChI=1S/C34H23BrCl2N2O2S/c35-24-12-9-23(10-13-24)32-27-14-11-22-5-1-2-7-26(22)31(27)38-34-39(32)33(40)30(42-34)18-20-4-3-6-25(16-20)41-19-21-8-15-28(36)29(37)17-21/h1-10,12-13,15-18,32H,11,14,19H2/b30-18-/t32-/m0/s1. The van der Waals surface area contributed by atoms with E-state index >= 15 is 0 Å². The molecule has 5 aromatic rings. The van der Waals surface area contributed by atoms with Gasteiger partial charge in [-0.2, -0.15) is 0 Å². The highest BCUT2D eigenvalue weighted by atomic mass is 79.9. The molecule has 8 heteroatoms. The van der Waals surface area contributed by atoms with E-state index in [0.29, 0.717) is 31.7 Å². The number of rotatable bonds is 5. The van der Waals surface area contributed by atoms with Gasteiger partial charge in [-0.3, -0.25) is 9.36 Å². The van der Waals surface area contributed by atoms with Gasteiger partial charge < -0.3 is 4.74 Å². The molecule has 4 nitrogen and oxygen atoms in total. The largest absolute Gasteiger partial charge is 0.489 e. The maximum absolute atomic E-state index is 14.0. The summed E-state index contributed by atoms with van der Waals surface area (Å²) in [7, 11) is 0. The first-order valence-electron chi connectivity index (χ1n) is 13.5. The molecule has 1 aliphatic carbocycles. The molecule has 0 unspecified atom stereocenters. The molecule has 1 aromatic heterocycles. The van der Waals surface area contributed by atoms with E-state index < -0.39 is 0 Å². The zero-order valence-electron chi connectivity index (χ0n) is 22.2. The summed E-state index contributed by atoms with van der Waals surface area (Å²) in [5.41, 5.74) is 7.46. The highest BCUT2D eigenvalue weighted by Crippen LogP contribution is 2.41. The smallest absolute Gasteiger partial charge is 0.271 e. The van der Waals surface area contributed by atoms with Crippen molar-refractivity contribution in [3.63, 3.8) is 0 Å². The Bertz CT molecular complexity index is 2060. The van der Waals surface area contributed by atoms with Crippen LogP contribution in [0.2, 0.25) is 10.0 Å². The first kappa shape index (κ1) is 27.4. The van der Waals surface area contributed by atoms with Crippen LogP contribution >= 0.6 is 50.5 Å². The van der Waals surface area contributed by atoms with Gasteiger partial charge in [-0.1, -0.05) is 105 Å². The van der Waals surface area contributed by atoms with Gasteiger partial charge >= 0.3 is 0 Å². The van der Waals surface area contributed by atoms with Gasteiger partial charge in [0.1, 0.15) is 12.4 Å². The molecule has 0 amide bonds. The Morgan fingerprint density at radius 3 is 2.62 bits per heavy atom. The second kappa shape index (κ2) is 11.3. The van der Waals surface area contributed by atoms with Crippen molar-refractivity contribution in [1.82, 2.24) is 4.57 Å². The molecule has 7 rings (SSSR count). The quantitative estimate of drug-likeness (QED) is 0.190. The number of thiazole rings is 1. The van der Waals surface area contributed by atoms with Crippen molar-refractivity contribution in [3.05, 3.63) is 159 Å². The third-order valence-electron chi connectivity index (χ3n) is 7.60. The number of nitrogens with zero attached hydrogens (tertiary/aromatic N) is 2. The summed E-state index contributed by atoms with van der Waals surface area (Å²) in [6, 6.07) is 29.7. The topological polar surface area (TPSA) is 43.6 Å². The molecule has 2 heterocycles. The van der Waals surface area contributed by atoms with Gasteiger partial charge in [-0.05, 0) is 83.1 Å². The summed E-state index contributed by atoms with van der Waals surface area (Å²) in [6.45, 7) is 0.350. The molecule has 42 heavy (non-hydrogen) atoms. The summed E-state index contributed by atoms with van der Waals surface area (Å²) in [6.07, 6.45) is 3.71. The molecule has 0 radical (unpaired) electrons. The number of benzene rings is 4. The summed E-state index contributed by atoms with van der Waals surface area (Å²) < 4.78 is 9.53. The van der Waals surface area contributed by atoms with Gasteiger partial charge in [0.15, 0.2) is 4.80 Å². The van der Waals surface area contributed by atoms with Crippen LogP contribution in [-0.2, 0) is 13.0 Å². The van der Waals surface area contributed by atoms with Crippen molar-refractivity contribution in [1.29, 1.82) is 0 Å². The molecule has 4 aromatic carbocycles. The molecule has 0 saturated carbocycles. The van der Waals surface area contributed by atoms with Crippen molar-refractivity contribution in [2.45, 2.75) is 25.5 Å². The van der Waals surface area contributed by atoms with Gasteiger partial charge in [0.05, 0.1) is 26.3 Å². The van der Waals surface area contributed by atoms with E-state index in [1.165, 1.54) is 22.5 Å². The number of allylic oxidation sites excluding steroid dienone is 1. The number of aromatic nitrogens is 1. The first-order chi connectivity index (χ1) is 20.4. The molecule has 208 valence electrons. The van der Waals surface area contributed by atoms with Crippen molar-refractivity contribution >= 4 is 62.2 Å². The van der Waals surface area contributed by atoms with Gasteiger partial charge in [-0.25, -0.2) is 4.99 Å². The minimum Gasteiger partial charge on any atom is -0.489 e. The van der Waals surface area contributed by atoms with E-state index in [-0.39, 0.29) is 11.6 Å². The number of fused-ring (bicyclic) bond motifs is 3. The molecule has 1 aliphatic heterocycles. The number of aryl methyl sites for hydroxylation is 1. The third kappa shape index (κ3) is 5.18. The van der Waals surface area contributed by atoms with Crippen molar-refractivity contribution < 1.29 is 4.74 Å². The maximum atomic E-state index is 14.0. The average molecular weight is 674 g/mol. The third-order valence-corrected chi connectivity index (χ3v) is 9.85. The van der Waals surface area contributed by atoms with Crippen LogP contribution in [0.3, 0.4) is 0 Å². The minimum atomic E-state index is -0.208. The molecule has 0 N–H and O–H groups in total. The SMILES string of the molecule is O=c1/c(=C/c2cccc(OCc3ccc(Cl)c(Cl)c3)c2)sc2n1[C@@H](c1ccc(Br)cc1)C1=C(N=2)c2ccccc2CC1. The normalized spacial score (nSPS) is 16.0. The Morgan fingerprint density at radius 1 is 0.952 bits per heavy atom. The van der Waals surface area contributed by atoms with E-state index in [1.54, 1.807) is 12.1 Å². The number of hydrogen-bond donors (Lipinski definition) is 0. The van der Waals surface area contributed by atoms with Gasteiger partial charge in [0.2, 0.25) is 0 Å². The van der Waals surface area contributed by atoms with Crippen LogP contribution in [0.25, 0.3) is 11.8 Å². The first-order valence-corrected chi connectivity index (χ1v) is 15.9. The average Bonchev–Trinajstić information content (AvgIpc) is 3.31. The van der Waals surface area contributed by atoms with E-state index in [1.807, 2.05) is 53.1 Å². The molecule has 0 spiro atoms. The van der Waals surface area contributed by atoms with Crippen molar-refractivity contribution in [2.75, 3.05) is 0 Å². The fourth-order valence-electron chi connectivity index (χ4n) is 5.61. The van der Waals surface area contributed by atoms with E-state index in [0.717, 1.165) is 45.3 Å². The van der Waals surface area contributed by atoms with Crippen LogP contribution in [0.4, 0.5) is 0 Å². The van der Waals surface area contributed by atoms with E-state index in [2.05, 4.69) is 52.3 Å². The van der Waals surface area contributed by atoms with Crippen LogP contribution in [0.1, 0.15) is 40.3 Å². The molecule has 1 atom stereocenters. The Morgan fingerprint density at radius 2 is 1.79 bits per heavy atom. The van der Waals surface area contributed by atoms with Crippen LogP contribution in [0.15, 0.2) is 111 Å². The van der Waals surface area contributed by atoms with Crippen LogP contribution in [0.5, 0.6) is 5.75 Å². The Kier molecular flexibility index (Phi) is 7.40. The maximum Gasteiger partial charge on any atom is 0.271 e. The zero-order valence-corrected chi connectivity index (χ0v) is 26.1.